The van der Waals surface area contributed by atoms with Gasteiger partial charge in [0.25, 0.3) is 5.56 Å². The Morgan fingerprint density at radius 2 is 1.91 bits per heavy atom. The van der Waals surface area contributed by atoms with Crippen LogP contribution in [0.3, 0.4) is 0 Å². The van der Waals surface area contributed by atoms with Crippen molar-refractivity contribution in [1.82, 2.24) is 9.55 Å². The molecule has 166 valence electrons. The van der Waals surface area contributed by atoms with E-state index in [1.807, 2.05) is 47.0 Å². The van der Waals surface area contributed by atoms with Crippen LogP contribution in [-0.2, 0) is 19.4 Å². The summed E-state index contributed by atoms with van der Waals surface area (Å²) in [6.07, 6.45) is 3.07. The molecular weight excluding hydrogens is 420 g/mol. The SMILES string of the molecule is COc1ccc2c(Cc3ccccn3)c3n(c(=O)c2c1OC)CCc1cc2c(cc1-3)OCO2. The number of fused-ring (bicyclic) bond motifs is 5. The highest BCUT2D eigenvalue weighted by Gasteiger charge is 2.29. The van der Waals surface area contributed by atoms with Crippen LogP contribution < -0.4 is 24.5 Å². The standard InChI is InChI=1S/C26H22N2O5/c1-30-20-7-6-17-19(12-16-5-3-4-9-27-16)24-18-13-22-21(32-14-33-22)11-15(18)8-10-28(24)26(29)23(17)25(20)31-2/h3-7,9,11,13H,8,10,12,14H2,1-2H3. The Morgan fingerprint density at radius 3 is 2.67 bits per heavy atom. The highest BCUT2D eigenvalue weighted by atomic mass is 16.7. The Bertz CT molecular complexity index is 1460. The summed E-state index contributed by atoms with van der Waals surface area (Å²) in [4.78, 5) is 18.4. The molecule has 0 fully saturated rings. The maximum Gasteiger partial charge on any atom is 0.262 e. The third kappa shape index (κ3) is 2.96. The van der Waals surface area contributed by atoms with Gasteiger partial charge in [-0.05, 0) is 59.3 Å². The number of hydrogen-bond acceptors (Lipinski definition) is 6. The van der Waals surface area contributed by atoms with E-state index in [9.17, 15) is 4.79 Å². The van der Waals surface area contributed by atoms with Gasteiger partial charge in [-0.1, -0.05) is 6.07 Å². The predicted octanol–water partition coefficient (Wildman–Crippen LogP) is 3.96. The molecule has 2 aromatic heterocycles. The van der Waals surface area contributed by atoms with E-state index in [0.717, 1.165) is 45.6 Å². The molecular formula is C26H22N2O5. The summed E-state index contributed by atoms with van der Waals surface area (Å²) in [5.41, 5.74) is 4.87. The summed E-state index contributed by atoms with van der Waals surface area (Å²) >= 11 is 0. The third-order valence-electron chi connectivity index (χ3n) is 6.43. The van der Waals surface area contributed by atoms with E-state index in [1.165, 1.54) is 0 Å². The lowest BCUT2D eigenvalue weighted by Crippen LogP contribution is -2.28. The molecule has 7 nitrogen and oxygen atoms in total. The molecule has 0 amide bonds. The number of aromatic nitrogens is 2. The van der Waals surface area contributed by atoms with Crippen LogP contribution in [-0.4, -0.2) is 30.6 Å². The maximum atomic E-state index is 13.8. The predicted molar refractivity (Wildman–Crippen MR) is 124 cm³/mol. The minimum absolute atomic E-state index is 0.0937. The molecule has 0 saturated carbocycles. The summed E-state index contributed by atoms with van der Waals surface area (Å²) in [6, 6.07) is 13.7. The highest BCUT2D eigenvalue weighted by Crippen LogP contribution is 2.44. The van der Waals surface area contributed by atoms with E-state index in [-0.39, 0.29) is 12.4 Å². The molecule has 4 aromatic rings. The number of aryl methyl sites for hydroxylation is 1. The van der Waals surface area contributed by atoms with Gasteiger partial charge in [-0.2, -0.15) is 0 Å². The number of nitrogens with zero attached hydrogens (tertiary/aromatic N) is 2. The van der Waals surface area contributed by atoms with Gasteiger partial charge in [0.05, 0.1) is 25.3 Å². The van der Waals surface area contributed by atoms with E-state index >= 15 is 0 Å². The second-order valence-corrected chi connectivity index (χ2v) is 8.12. The molecule has 0 N–H and O–H groups in total. The first-order chi connectivity index (χ1) is 16.2. The van der Waals surface area contributed by atoms with Gasteiger partial charge in [0.2, 0.25) is 6.79 Å². The molecule has 2 aromatic carbocycles. The second-order valence-electron chi connectivity index (χ2n) is 8.12. The van der Waals surface area contributed by atoms with Gasteiger partial charge >= 0.3 is 0 Å². The Labute approximate surface area is 190 Å². The lowest BCUT2D eigenvalue weighted by Gasteiger charge is -2.27. The largest absolute Gasteiger partial charge is 0.493 e. The molecule has 4 heterocycles. The van der Waals surface area contributed by atoms with E-state index in [0.29, 0.717) is 35.6 Å². The van der Waals surface area contributed by atoms with Crippen LogP contribution in [0.25, 0.3) is 22.0 Å². The van der Waals surface area contributed by atoms with Crippen molar-refractivity contribution in [2.45, 2.75) is 19.4 Å². The molecule has 0 radical (unpaired) electrons. The molecule has 0 saturated heterocycles. The molecule has 2 aliphatic heterocycles. The topological polar surface area (TPSA) is 71.8 Å². The molecule has 0 spiro atoms. The minimum atomic E-state index is -0.0937. The number of hydrogen-bond donors (Lipinski definition) is 0. The number of methoxy groups -OCH3 is 2. The van der Waals surface area contributed by atoms with Crippen LogP contribution in [0.1, 0.15) is 16.8 Å². The molecule has 0 atom stereocenters. The molecule has 0 aliphatic carbocycles. The minimum Gasteiger partial charge on any atom is -0.493 e. The van der Waals surface area contributed by atoms with Gasteiger partial charge in [0.15, 0.2) is 23.0 Å². The molecule has 33 heavy (non-hydrogen) atoms. The van der Waals surface area contributed by atoms with Crippen molar-refractivity contribution in [3.05, 3.63) is 75.8 Å². The Morgan fingerprint density at radius 1 is 1.06 bits per heavy atom. The quantitative estimate of drug-likeness (QED) is 0.477. The molecule has 0 unspecified atom stereocenters. The van der Waals surface area contributed by atoms with E-state index < -0.39 is 0 Å². The van der Waals surface area contributed by atoms with E-state index in [1.54, 1.807) is 20.4 Å². The zero-order chi connectivity index (χ0) is 22.5. The summed E-state index contributed by atoms with van der Waals surface area (Å²) in [6.45, 7) is 0.771. The number of rotatable bonds is 4. The Hall–Kier alpha value is -4.00. The Balaban J connectivity index is 1.72. The first-order valence-corrected chi connectivity index (χ1v) is 10.8. The van der Waals surface area contributed by atoms with Crippen LogP contribution in [0.2, 0.25) is 0 Å². The van der Waals surface area contributed by atoms with E-state index in [4.69, 9.17) is 18.9 Å². The smallest absolute Gasteiger partial charge is 0.262 e. The normalized spacial score (nSPS) is 13.5. The number of ether oxygens (including phenoxy) is 4. The first-order valence-electron chi connectivity index (χ1n) is 10.8. The zero-order valence-corrected chi connectivity index (χ0v) is 18.4. The van der Waals surface area contributed by atoms with Gasteiger partial charge in [-0.3, -0.25) is 9.78 Å². The van der Waals surface area contributed by atoms with Gasteiger partial charge in [0, 0.05) is 30.4 Å². The third-order valence-corrected chi connectivity index (χ3v) is 6.43. The number of benzene rings is 2. The molecule has 7 heteroatoms. The summed E-state index contributed by atoms with van der Waals surface area (Å²) in [5, 5.41) is 1.36. The van der Waals surface area contributed by atoms with Gasteiger partial charge < -0.3 is 23.5 Å². The van der Waals surface area contributed by atoms with Crippen LogP contribution in [0.5, 0.6) is 23.0 Å². The zero-order valence-electron chi connectivity index (χ0n) is 18.4. The summed E-state index contributed by atoms with van der Waals surface area (Å²) in [5.74, 6) is 2.44. The molecule has 0 bridgehead atoms. The Kier molecular flexibility index (Phi) is 4.50. The van der Waals surface area contributed by atoms with Crippen molar-refractivity contribution in [2.75, 3.05) is 21.0 Å². The first kappa shape index (κ1) is 19.7. The van der Waals surface area contributed by atoms with Crippen LogP contribution in [0.15, 0.2) is 53.5 Å². The van der Waals surface area contributed by atoms with Crippen molar-refractivity contribution >= 4 is 10.8 Å². The lowest BCUT2D eigenvalue weighted by atomic mass is 9.89. The number of pyridine rings is 2. The average Bonchev–Trinajstić information content (AvgIpc) is 3.31. The summed E-state index contributed by atoms with van der Waals surface area (Å²) < 4.78 is 24.3. The van der Waals surface area contributed by atoms with Gasteiger partial charge in [0.1, 0.15) is 0 Å². The average molecular weight is 442 g/mol. The van der Waals surface area contributed by atoms with Crippen LogP contribution in [0, 0.1) is 0 Å². The fraction of sp³-hybridized carbons (Fsp3) is 0.231. The fourth-order valence-electron chi connectivity index (χ4n) is 4.95. The lowest BCUT2D eigenvalue weighted by molar-refractivity contribution is 0.174. The van der Waals surface area contributed by atoms with Crippen LogP contribution >= 0.6 is 0 Å². The van der Waals surface area contributed by atoms with Crippen molar-refractivity contribution < 1.29 is 18.9 Å². The second kappa shape index (κ2) is 7.55. The molecule has 2 aliphatic rings. The van der Waals surface area contributed by atoms with E-state index in [2.05, 4.69) is 4.98 Å². The van der Waals surface area contributed by atoms with Crippen LogP contribution in [0.4, 0.5) is 0 Å². The van der Waals surface area contributed by atoms with Gasteiger partial charge in [-0.15, -0.1) is 0 Å². The van der Waals surface area contributed by atoms with Crippen molar-refractivity contribution in [3.63, 3.8) is 0 Å². The maximum absolute atomic E-state index is 13.8. The summed E-state index contributed by atoms with van der Waals surface area (Å²) in [7, 11) is 3.14. The highest BCUT2D eigenvalue weighted by molar-refractivity contribution is 5.96. The monoisotopic (exact) mass is 442 g/mol. The van der Waals surface area contributed by atoms with Gasteiger partial charge in [-0.25, -0.2) is 0 Å². The van der Waals surface area contributed by atoms with Crippen molar-refractivity contribution in [1.29, 1.82) is 0 Å². The fourth-order valence-corrected chi connectivity index (χ4v) is 4.95. The van der Waals surface area contributed by atoms with Crippen molar-refractivity contribution in [2.24, 2.45) is 0 Å². The molecule has 6 rings (SSSR count). The van der Waals surface area contributed by atoms with Crippen molar-refractivity contribution in [3.8, 4) is 34.3 Å².